The number of aryl methyl sites for hydroxylation is 1. The van der Waals surface area contributed by atoms with E-state index in [-0.39, 0.29) is 11.1 Å². The topological polar surface area (TPSA) is 58.4 Å². The van der Waals surface area contributed by atoms with E-state index in [1.165, 1.54) is 7.05 Å². The van der Waals surface area contributed by atoms with Gasteiger partial charge in [-0.3, -0.25) is 4.79 Å². The SMILES string of the molecule is CNC(=O)c1cc(F)c(-c2nc3cc(C)ccn3c2CC2CCCNCC2)c(F)c1. The lowest BCUT2D eigenvalue weighted by Gasteiger charge is -2.15. The van der Waals surface area contributed by atoms with E-state index < -0.39 is 17.5 Å². The molecule has 7 heteroatoms. The van der Waals surface area contributed by atoms with Crippen molar-refractivity contribution >= 4 is 11.6 Å². The van der Waals surface area contributed by atoms with E-state index in [2.05, 4.69) is 15.6 Å². The largest absolute Gasteiger partial charge is 0.355 e. The number of nitrogens with one attached hydrogen (secondary N) is 2. The van der Waals surface area contributed by atoms with E-state index in [0.717, 1.165) is 55.7 Å². The van der Waals surface area contributed by atoms with Crippen LogP contribution in [0, 0.1) is 24.5 Å². The molecule has 1 atom stereocenters. The molecule has 2 N–H and O–H groups in total. The van der Waals surface area contributed by atoms with Gasteiger partial charge in [0, 0.05) is 18.8 Å². The number of hydrogen-bond acceptors (Lipinski definition) is 3. The van der Waals surface area contributed by atoms with Gasteiger partial charge in [-0.25, -0.2) is 13.8 Å². The fourth-order valence-electron chi connectivity index (χ4n) is 4.24. The van der Waals surface area contributed by atoms with Crippen LogP contribution in [-0.2, 0) is 6.42 Å². The molecule has 0 saturated carbocycles. The van der Waals surface area contributed by atoms with Crippen LogP contribution < -0.4 is 10.6 Å². The molecule has 3 aromatic rings. The Morgan fingerprint density at radius 1 is 1.23 bits per heavy atom. The number of rotatable bonds is 4. The molecule has 5 nitrogen and oxygen atoms in total. The Kier molecular flexibility index (Phi) is 5.81. The molecule has 1 amide bonds. The zero-order chi connectivity index (χ0) is 21.3. The van der Waals surface area contributed by atoms with Gasteiger partial charge in [-0.1, -0.05) is 0 Å². The van der Waals surface area contributed by atoms with Gasteiger partial charge in [0.1, 0.15) is 17.3 Å². The predicted octanol–water partition coefficient (Wildman–Crippen LogP) is 3.88. The summed E-state index contributed by atoms with van der Waals surface area (Å²) in [5.41, 5.74) is 2.60. The molecule has 0 radical (unpaired) electrons. The van der Waals surface area contributed by atoms with E-state index in [4.69, 9.17) is 0 Å². The molecule has 158 valence electrons. The highest BCUT2D eigenvalue weighted by Gasteiger charge is 2.25. The highest BCUT2D eigenvalue weighted by molar-refractivity contribution is 5.94. The minimum absolute atomic E-state index is 0.0488. The third kappa shape index (κ3) is 3.94. The van der Waals surface area contributed by atoms with Gasteiger partial charge in [0.2, 0.25) is 0 Å². The molecular weight excluding hydrogens is 386 g/mol. The zero-order valence-electron chi connectivity index (χ0n) is 17.3. The lowest BCUT2D eigenvalue weighted by atomic mass is 9.93. The van der Waals surface area contributed by atoms with Crippen LogP contribution in [0.25, 0.3) is 16.9 Å². The molecule has 3 heterocycles. The molecule has 0 bridgehead atoms. The van der Waals surface area contributed by atoms with E-state index in [0.29, 0.717) is 23.7 Å². The third-order valence-corrected chi connectivity index (χ3v) is 5.83. The summed E-state index contributed by atoms with van der Waals surface area (Å²) in [7, 11) is 1.43. The van der Waals surface area contributed by atoms with Crippen LogP contribution in [0.15, 0.2) is 30.5 Å². The molecule has 1 fully saturated rings. The van der Waals surface area contributed by atoms with Crippen molar-refractivity contribution in [2.24, 2.45) is 5.92 Å². The molecule has 1 aliphatic rings. The van der Waals surface area contributed by atoms with E-state index in [1.807, 2.05) is 29.7 Å². The van der Waals surface area contributed by atoms with Gasteiger partial charge in [-0.2, -0.15) is 0 Å². The number of pyridine rings is 1. The molecule has 1 aromatic carbocycles. The Labute approximate surface area is 174 Å². The van der Waals surface area contributed by atoms with Crippen LogP contribution in [0.3, 0.4) is 0 Å². The molecule has 1 saturated heterocycles. The number of benzene rings is 1. The van der Waals surface area contributed by atoms with E-state index in [1.54, 1.807) is 0 Å². The van der Waals surface area contributed by atoms with Crippen molar-refractivity contribution in [3.63, 3.8) is 0 Å². The Morgan fingerprint density at radius 2 is 2.00 bits per heavy atom. The molecule has 0 aliphatic carbocycles. The van der Waals surface area contributed by atoms with Crippen LogP contribution >= 0.6 is 0 Å². The van der Waals surface area contributed by atoms with Crippen molar-refractivity contribution in [3.05, 3.63) is 58.9 Å². The van der Waals surface area contributed by atoms with Crippen LogP contribution in [0.2, 0.25) is 0 Å². The number of aromatic nitrogens is 2. The van der Waals surface area contributed by atoms with Crippen molar-refractivity contribution < 1.29 is 13.6 Å². The quantitative estimate of drug-likeness (QED) is 0.684. The van der Waals surface area contributed by atoms with E-state index >= 15 is 8.78 Å². The molecule has 1 aliphatic heterocycles. The van der Waals surface area contributed by atoms with Crippen LogP contribution in [-0.4, -0.2) is 35.4 Å². The molecule has 30 heavy (non-hydrogen) atoms. The minimum Gasteiger partial charge on any atom is -0.355 e. The average molecular weight is 412 g/mol. The maximum Gasteiger partial charge on any atom is 0.251 e. The Bertz CT molecular complexity index is 1060. The van der Waals surface area contributed by atoms with Gasteiger partial charge in [-0.05, 0) is 81.4 Å². The predicted molar refractivity (Wildman–Crippen MR) is 113 cm³/mol. The number of hydrogen-bond donors (Lipinski definition) is 2. The minimum atomic E-state index is -0.780. The van der Waals surface area contributed by atoms with Crippen molar-refractivity contribution in [1.29, 1.82) is 0 Å². The number of halogens is 2. The van der Waals surface area contributed by atoms with Crippen LogP contribution in [0.4, 0.5) is 8.78 Å². The molecule has 0 spiro atoms. The first kappa shape index (κ1) is 20.5. The van der Waals surface area contributed by atoms with Crippen molar-refractivity contribution in [3.8, 4) is 11.3 Å². The highest BCUT2D eigenvalue weighted by Crippen LogP contribution is 2.33. The summed E-state index contributed by atoms with van der Waals surface area (Å²) in [6, 6.07) is 6.03. The van der Waals surface area contributed by atoms with Crippen molar-refractivity contribution in [2.45, 2.75) is 32.6 Å². The fraction of sp³-hybridized carbons (Fsp3) is 0.391. The summed E-state index contributed by atoms with van der Waals surface area (Å²) in [4.78, 5) is 16.5. The van der Waals surface area contributed by atoms with Gasteiger partial charge in [0.15, 0.2) is 0 Å². The van der Waals surface area contributed by atoms with Crippen molar-refractivity contribution in [1.82, 2.24) is 20.0 Å². The molecule has 2 aromatic heterocycles. The second kappa shape index (κ2) is 8.52. The van der Waals surface area contributed by atoms with Crippen LogP contribution in [0.1, 0.15) is 40.9 Å². The number of amides is 1. The third-order valence-electron chi connectivity index (χ3n) is 5.83. The number of nitrogens with zero attached hydrogens (tertiary/aromatic N) is 2. The first-order valence-electron chi connectivity index (χ1n) is 10.4. The Balaban J connectivity index is 1.85. The van der Waals surface area contributed by atoms with Gasteiger partial charge in [0.25, 0.3) is 5.91 Å². The maximum atomic E-state index is 15.0. The smallest absolute Gasteiger partial charge is 0.251 e. The summed E-state index contributed by atoms with van der Waals surface area (Å²) in [6.45, 7) is 3.91. The van der Waals surface area contributed by atoms with E-state index in [9.17, 15) is 4.79 Å². The summed E-state index contributed by atoms with van der Waals surface area (Å²) in [6.07, 6.45) is 5.77. The fourth-order valence-corrected chi connectivity index (χ4v) is 4.24. The first-order valence-corrected chi connectivity index (χ1v) is 10.4. The van der Waals surface area contributed by atoms with Gasteiger partial charge in [-0.15, -0.1) is 0 Å². The van der Waals surface area contributed by atoms with Crippen LogP contribution in [0.5, 0.6) is 0 Å². The maximum absolute atomic E-state index is 15.0. The van der Waals surface area contributed by atoms with Gasteiger partial charge >= 0.3 is 0 Å². The number of fused-ring (bicyclic) bond motifs is 1. The molecule has 4 rings (SSSR count). The summed E-state index contributed by atoms with van der Waals surface area (Å²) in [5.74, 6) is -1.68. The van der Waals surface area contributed by atoms with Gasteiger partial charge < -0.3 is 15.0 Å². The summed E-state index contributed by atoms with van der Waals surface area (Å²) < 4.78 is 32.0. The zero-order valence-corrected chi connectivity index (χ0v) is 17.3. The lowest BCUT2D eigenvalue weighted by molar-refractivity contribution is 0.0962. The molecular formula is C23H26F2N4O. The summed E-state index contributed by atoms with van der Waals surface area (Å²) >= 11 is 0. The number of carbonyl (C=O) groups excluding carboxylic acids is 1. The average Bonchev–Trinajstić information content (AvgIpc) is 2.88. The lowest BCUT2D eigenvalue weighted by Crippen LogP contribution is -2.18. The molecule has 1 unspecified atom stereocenters. The first-order chi connectivity index (χ1) is 14.5. The highest BCUT2D eigenvalue weighted by atomic mass is 19.1. The number of imidazole rings is 1. The van der Waals surface area contributed by atoms with Gasteiger partial charge in [0.05, 0.1) is 17.0 Å². The second-order valence-corrected chi connectivity index (χ2v) is 7.98. The summed E-state index contributed by atoms with van der Waals surface area (Å²) in [5, 5.41) is 5.80. The Morgan fingerprint density at radius 3 is 2.73 bits per heavy atom. The van der Waals surface area contributed by atoms with Crippen molar-refractivity contribution in [2.75, 3.05) is 20.1 Å². The standard InChI is InChI=1S/C23H26F2N4O/c1-14-6-9-29-19(11-15-4-3-7-27-8-5-15)22(28-20(29)10-14)21-17(24)12-16(13-18(21)25)23(30)26-2/h6,9-10,12-13,15,27H,3-5,7-8,11H2,1-2H3,(H,26,30). The second-order valence-electron chi connectivity index (χ2n) is 7.98. The normalized spacial score (nSPS) is 17.1. The Hall–Kier alpha value is -2.80. The monoisotopic (exact) mass is 412 g/mol. The number of carbonyl (C=O) groups is 1.